The first-order valence-electron chi connectivity index (χ1n) is 7.87. The Hall–Kier alpha value is -2.04. The van der Waals surface area contributed by atoms with Crippen LogP contribution in [-0.2, 0) is 11.2 Å². The number of esters is 1. The number of carbonyl (C=O) groups excluding carboxylic acids is 1. The first kappa shape index (κ1) is 18.3. The van der Waals surface area contributed by atoms with E-state index in [0.29, 0.717) is 11.3 Å². The van der Waals surface area contributed by atoms with Crippen LogP contribution in [0.4, 0.5) is 5.69 Å². The van der Waals surface area contributed by atoms with Crippen molar-refractivity contribution in [2.24, 2.45) is 0 Å². The Kier molecular flexibility index (Phi) is 5.86. The number of benzene rings is 2. The molecule has 1 aliphatic carbocycles. The van der Waals surface area contributed by atoms with Crippen LogP contribution in [0.15, 0.2) is 48.5 Å². The van der Waals surface area contributed by atoms with Crippen LogP contribution in [0.25, 0.3) is 0 Å². The van der Waals surface area contributed by atoms with Crippen molar-refractivity contribution in [1.82, 2.24) is 4.90 Å². The number of fused-ring (bicyclic) bond motifs is 1. The number of ether oxygens (including phenoxy) is 1. The molecule has 128 valence electrons. The normalized spacial score (nSPS) is 19.3. The van der Waals surface area contributed by atoms with E-state index < -0.39 is 0 Å². The van der Waals surface area contributed by atoms with Crippen LogP contribution in [0.3, 0.4) is 0 Å². The molecule has 4 nitrogen and oxygen atoms in total. The first-order chi connectivity index (χ1) is 11.1. The van der Waals surface area contributed by atoms with E-state index in [1.54, 1.807) is 24.3 Å². The van der Waals surface area contributed by atoms with Crippen LogP contribution >= 0.6 is 12.4 Å². The maximum Gasteiger partial charge on any atom is 0.338 e. The minimum absolute atomic E-state index is 0. The van der Waals surface area contributed by atoms with Gasteiger partial charge in [0.05, 0.1) is 11.6 Å². The molecule has 3 rings (SSSR count). The second-order valence-corrected chi connectivity index (χ2v) is 6.22. The Labute approximate surface area is 149 Å². The molecular formula is C19H23ClN2O2. The molecule has 1 aliphatic rings. The first-order valence-corrected chi connectivity index (χ1v) is 7.87. The molecule has 0 saturated carbocycles. The van der Waals surface area contributed by atoms with Gasteiger partial charge >= 0.3 is 5.97 Å². The fourth-order valence-corrected chi connectivity index (χ4v) is 3.18. The highest BCUT2D eigenvalue weighted by molar-refractivity contribution is 5.90. The molecule has 0 bridgehead atoms. The number of nitrogen functional groups attached to an aromatic ring is 1. The average Bonchev–Trinajstić information content (AvgIpc) is 2.55. The zero-order valence-corrected chi connectivity index (χ0v) is 14.8. The molecule has 0 aromatic heterocycles. The minimum atomic E-state index is -0.307. The number of anilines is 1. The van der Waals surface area contributed by atoms with Gasteiger partial charge in [0.15, 0.2) is 0 Å². The third-order valence-electron chi connectivity index (χ3n) is 4.46. The van der Waals surface area contributed by atoms with Gasteiger partial charge in [-0.1, -0.05) is 24.3 Å². The molecule has 2 atom stereocenters. The number of aryl methyl sites for hydroxylation is 1. The summed E-state index contributed by atoms with van der Waals surface area (Å²) in [6.07, 6.45) is 1.73. The Morgan fingerprint density at radius 1 is 1.12 bits per heavy atom. The summed E-state index contributed by atoms with van der Waals surface area (Å²) in [6.45, 7) is 0. The largest absolute Gasteiger partial charge is 0.452 e. The molecule has 24 heavy (non-hydrogen) atoms. The lowest BCUT2D eigenvalue weighted by Crippen LogP contribution is -2.39. The highest BCUT2D eigenvalue weighted by Crippen LogP contribution is 2.35. The Morgan fingerprint density at radius 3 is 2.46 bits per heavy atom. The van der Waals surface area contributed by atoms with Crippen LogP contribution < -0.4 is 5.73 Å². The summed E-state index contributed by atoms with van der Waals surface area (Å²) in [7, 11) is 4.06. The minimum Gasteiger partial charge on any atom is -0.452 e. The SMILES string of the molecule is CN(C)[C@H]1CCc2ccccc2[C@@H]1OC(=O)c1ccc(N)cc1.Cl. The second kappa shape index (κ2) is 7.69. The number of rotatable bonds is 3. The van der Waals surface area contributed by atoms with Crippen molar-refractivity contribution in [2.45, 2.75) is 25.0 Å². The lowest BCUT2D eigenvalue weighted by molar-refractivity contribution is 0.000623. The summed E-state index contributed by atoms with van der Waals surface area (Å²) < 4.78 is 5.90. The van der Waals surface area contributed by atoms with Crippen molar-refractivity contribution in [2.75, 3.05) is 19.8 Å². The van der Waals surface area contributed by atoms with E-state index in [1.165, 1.54) is 5.56 Å². The summed E-state index contributed by atoms with van der Waals surface area (Å²) in [5.74, 6) is -0.307. The predicted molar refractivity (Wildman–Crippen MR) is 98.5 cm³/mol. The molecule has 5 heteroatoms. The molecule has 0 saturated heterocycles. The predicted octanol–water partition coefficient (Wildman–Crippen LogP) is 3.47. The molecule has 0 unspecified atom stereocenters. The number of halogens is 1. The number of hydrogen-bond donors (Lipinski definition) is 1. The van der Waals surface area contributed by atoms with E-state index in [-0.39, 0.29) is 30.5 Å². The van der Waals surface area contributed by atoms with E-state index >= 15 is 0 Å². The van der Waals surface area contributed by atoms with E-state index in [4.69, 9.17) is 10.5 Å². The van der Waals surface area contributed by atoms with Gasteiger partial charge in [-0.25, -0.2) is 4.79 Å². The van der Waals surface area contributed by atoms with Gasteiger partial charge in [-0.2, -0.15) is 0 Å². The van der Waals surface area contributed by atoms with Crippen LogP contribution in [0.1, 0.15) is 34.0 Å². The smallest absolute Gasteiger partial charge is 0.338 e. The van der Waals surface area contributed by atoms with Gasteiger partial charge in [0, 0.05) is 5.69 Å². The highest BCUT2D eigenvalue weighted by Gasteiger charge is 2.33. The maximum absolute atomic E-state index is 12.5. The molecule has 0 fully saturated rings. The van der Waals surface area contributed by atoms with E-state index in [9.17, 15) is 4.79 Å². The van der Waals surface area contributed by atoms with Crippen molar-refractivity contribution in [3.63, 3.8) is 0 Å². The van der Waals surface area contributed by atoms with E-state index in [2.05, 4.69) is 17.0 Å². The number of nitrogens with zero attached hydrogens (tertiary/aromatic N) is 1. The van der Waals surface area contributed by atoms with Gasteiger partial charge in [0.1, 0.15) is 6.10 Å². The van der Waals surface area contributed by atoms with Gasteiger partial charge in [-0.3, -0.25) is 0 Å². The average molecular weight is 347 g/mol. The van der Waals surface area contributed by atoms with Gasteiger partial charge < -0.3 is 15.4 Å². The monoisotopic (exact) mass is 346 g/mol. The van der Waals surface area contributed by atoms with Crippen LogP contribution in [0, 0.1) is 0 Å². The zero-order chi connectivity index (χ0) is 16.4. The van der Waals surface area contributed by atoms with E-state index in [1.807, 2.05) is 26.2 Å². The third-order valence-corrected chi connectivity index (χ3v) is 4.46. The Morgan fingerprint density at radius 2 is 1.79 bits per heavy atom. The number of nitrogens with two attached hydrogens (primary N) is 1. The van der Waals surface area contributed by atoms with Crippen molar-refractivity contribution in [3.05, 3.63) is 65.2 Å². The van der Waals surface area contributed by atoms with Gasteiger partial charge in [0.2, 0.25) is 0 Å². The summed E-state index contributed by atoms with van der Waals surface area (Å²) >= 11 is 0. The van der Waals surface area contributed by atoms with E-state index in [0.717, 1.165) is 18.4 Å². The van der Waals surface area contributed by atoms with Crippen LogP contribution in [0.5, 0.6) is 0 Å². The number of hydrogen-bond acceptors (Lipinski definition) is 4. The highest BCUT2D eigenvalue weighted by atomic mass is 35.5. The van der Waals surface area contributed by atoms with Gasteiger partial charge in [0.25, 0.3) is 0 Å². The fourth-order valence-electron chi connectivity index (χ4n) is 3.18. The van der Waals surface area contributed by atoms with Crippen molar-refractivity contribution in [1.29, 1.82) is 0 Å². The number of likely N-dealkylation sites (N-methyl/N-ethyl adjacent to an activating group) is 1. The van der Waals surface area contributed by atoms with Crippen molar-refractivity contribution >= 4 is 24.1 Å². The molecule has 2 aromatic rings. The van der Waals surface area contributed by atoms with Crippen LogP contribution in [0.2, 0.25) is 0 Å². The topological polar surface area (TPSA) is 55.6 Å². The molecule has 0 heterocycles. The summed E-state index contributed by atoms with van der Waals surface area (Å²) in [5.41, 5.74) is 9.22. The summed E-state index contributed by atoms with van der Waals surface area (Å²) in [6, 6.07) is 15.2. The summed E-state index contributed by atoms with van der Waals surface area (Å²) in [5, 5.41) is 0. The molecule has 0 amide bonds. The second-order valence-electron chi connectivity index (χ2n) is 6.22. The summed E-state index contributed by atoms with van der Waals surface area (Å²) in [4.78, 5) is 14.7. The lowest BCUT2D eigenvalue weighted by Gasteiger charge is -2.37. The molecule has 0 radical (unpaired) electrons. The van der Waals surface area contributed by atoms with Gasteiger partial charge in [-0.15, -0.1) is 12.4 Å². The quantitative estimate of drug-likeness (QED) is 0.683. The van der Waals surface area contributed by atoms with Gasteiger partial charge in [-0.05, 0) is 62.3 Å². The standard InChI is InChI=1S/C19H22N2O2.ClH/c1-21(2)17-12-9-13-5-3-4-6-16(13)18(17)23-19(22)14-7-10-15(20)11-8-14;/h3-8,10-11,17-18H,9,12,20H2,1-2H3;1H/t17-,18-;/m0./s1. The molecule has 2 aromatic carbocycles. The van der Waals surface area contributed by atoms with Crippen molar-refractivity contribution < 1.29 is 9.53 Å². The Bertz CT molecular complexity index is 701. The van der Waals surface area contributed by atoms with Crippen LogP contribution in [-0.4, -0.2) is 31.0 Å². The van der Waals surface area contributed by atoms with Crippen molar-refractivity contribution in [3.8, 4) is 0 Å². The fraction of sp³-hybridized carbons (Fsp3) is 0.316. The molecule has 2 N–H and O–H groups in total. The number of carbonyl (C=O) groups is 1. The third kappa shape index (κ3) is 3.71. The zero-order valence-electron chi connectivity index (χ0n) is 13.9. The molecular weight excluding hydrogens is 324 g/mol. The molecule has 0 spiro atoms. The lowest BCUT2D eigenvalue weighted by atomic mass is 9.85. The molecule has 0 aliphatic heterocycles. The maximum atomic E-state index is 12.5. The Balaban J connectivity index is 0.00000208.